The van der Waals surface area contributed by atoms with Crippen LogP contribution < -0.4 is 9.54 Å². The molecule has 0 spiro atoms. The highest BCUT2D eigenvalue weighted by molar-refractivity contribution is 7.16. The summed E-state index contributed by atoms with van der Waals surface area (Å²) in [4.78, 5) is 17.7. The third-order valence-electron chi connectivity index (χ3n) is 4.25. The average molecular weight is 404 g/mol. The quantitative estimate of drug-likeness (QED) is 0.409. The van der Waals surface area contributed by atoms with Crippen molar-refractivity contribution in [2.75, 3.05) is 0 Å². The lowest BCUT2D eigenvalue weighted by molar-refractivity contribution is 0.0995. The number of nitrogens with zero attached hydrogens (tertiary/aromatic N) is 2. The average Bonchev–Trinajstić information content (AvgIpc) is 3.08. The van der Waals surface area contributed by atoms with Gasteiger partial charge in [-0.1, -0.05) is 53.8 Å². The first-order valence-corrected chi connectivity index (χ1v) is 9.79. The smallest absolute Gasteiger partial charge is 0.283 e. The molecule has 0 atom stereocenters. The molecule has 0 N–H and O–H groups in total. The van der Waals surface area contributed by atoms with Crippen molar-refractivity contribution in [3.8, 4) is 11.5 Å². The second-order valence-corrected chi connectivity index (χ2v) is 7.21. The lowest BCUT2D eigenvalue weighted by atomic mass is 10.2. The summed E-state index contributed by atoms with van der Waals surface area (Å²) in [6.45, 7) is 4.07. The summed E-state index contributed by atoms with van der Waals surface area (Å²) in [5.74, 6) is 0.219. The number of carbonyl (C=O) groups excluding carboxylic acids is 1. The summed E-state index contributed by atoms with van der Waals surface area (Å²) in [7, 11) is 0. The van der Waals surface area contributed by atoms with Crippen molar-refractivity contribution in [3.05, 3.63) is 102 Å². The van der Waals surface area contributed by atoms with E-state index in [0.717, 1.165) is 0 Å². The lowest BCUT2D eigenvalue weighted by Crippen LogP contribution is -2.17. The molecule has 3 aromatic carbocycles. The lowest BCUT2D eigenvalue weighted by Gasteiger charge is -2.08. The van der Waals surface area contributed by atoms with E-state index in [0.29, 0.717) is 38.6 Å². The van der Waals surface area contributed by atoms with E-state index in [1.165, 1.54) is 17.4 Å². The molecule has 1 heterocycles. The van der Waals surface area contributed by atoms with Crippen LogP contribution in [-0.2, 0) is 6.54 Å². The van der Waals surface area contributed by atoms with E-state index >= 15 is 0 Å². The molecule has 0 saturated carbocycles. The maximum atomic E-state index is 14.4. The summed E-state index contributed by atoms with van der Waals surface area (Å²) < 4.78 is 22.6. The fourth-order valence-electron chi connectivity index (χ4n) is 2.97. The predicted molar refractivity (Wildman–Crippen MR) is 113 cm³/mol. The van der Waals surface area contributed by atoms with E-state index in [4.69, 9.17) is 4.74 Å². The molecular weight excluding hydrogens is 387 g/mol. The maximum absolute atomic E-state index is 14.4. The summed E-state index contributed by atoms with van der Waals surface area (Å²) >= 11 is 1.26. The summed E-state index contributed by atoms with van der Waals surface area (Å²) in [5, 5.41) is 0. The molecule has 29 heavy (non-hydrogen) atoms. The van der Waals surface area contributed by atoms with Gasteiger partial charge in [0.15, 0.2) is 4.80 Å². The topological polar surface area (TPSA) is 43.6 Å². The van der Waals surface area contributed by atoms with Crippen LogP contribution in [0.1, 0.15) is 10.4 Å². The minimum absolute atomic E-state index is 0.333. The zero-order chi connectivity index (χ0) is 20.2. The number of thiazole rings is 1. The number of rotatable bonds is 5. The third-order valence-corrected chi connectivity index (χ3v) is 5.29. The monoisotopic (exact) mass is 404 g/mol. The molecule has 0 unspecified atom stereocenters. The van der Waals surface area contributed by atoms with Gasteiger partial charge in [0.2, 0.25) is 0 Å². The fourth-order valence-corrected chi connectivity index (χ4v) is 4.02. The van der Waals surface area contributed by atoms with E-state index < -0.39 is 5.91 Å². The second-order valence-electron chi connectivity index (χ2n) is 6.20. The van der Waals surface area contributed by atoms with Gasteiger partial charge in [0.1, 0.15) is 17.3 Å². The van der Waals surface area contributed by atoms with Crippen molar-refractivity contribution in [2.24, 2.45) is 4.99 Å². The molecule has 1 amide bonds. The highest BCUT2D eigenvalue weighted by Crippen LogP contribution is 2.26. The van der Waals surface area contributed by atoms with Gasteiger partial charge in [-0.05, 0) is 36.4 Å². The van der Waals surface area contributed by atoms with Gasteiger partial charge in [0.05, 0.1) is 15.8 Å². The number of ether oxygens (including phenoxy) is 1. The van der Waals surface area contributed by atoms with E-state index in [1.54, 1.807) is 47.0 Å². The fraction of sp³-hybridized carbons (Fsp3) is 0.0435. The van der Waals surface area contributed by atoms with E-state index in [2.05, 4.69) is 11.6 Å². The van der Waals surface area contributed by atoms with Crippen LogP contribution in [0.5, 0.6) is 11.5 Å². The summed E-state index contributed by atoms with van der Waals surface area (Å²) in [6.07, 6.45) is 1.65. The number of fused-ring (bicyclic) bond motifs is 1. The minimum Gasteiger partial charge on any atom is -0.457 e. The van der Waals surface area contributed by atoms with Crippen LogP contribution in [-0.4, -0.2) is 10.5 Å². The van der Waals surface area contributed by atoms with E-state index in [-0.39, 0.29) is 5.82 Å². The number of amides is 1. The molecule has 0 radical (unpaired) electrons. The number of hydrogen-bond acceptors (Lipinski definition) is 3. The molecule has 0 bridgehead atoms. The van der Waals surface area contributed by atoms with Crippen LogP contribution in [0.4, 0.5) is 4.39 Å². The summed E-state index contributed by atoms with van der Waals surface area (Å²) in [6, 6.07) is 21.0. The van der Waals surface area contributed by atoms with Crippen molar-refractivity contribution >= 4 is 27.5 Å². The van der Waals surface area contributed by atoms with E-state index in [9.17, 15) is 9.18 Å². The van der Waals surface area contributed by atoms with Gasteiger partial charge in [0.25, 0.3) is 5.91 Å². The van der Waals surface area contributed by atoms with Gasteiger partial charge in [-0.3, -0.25) is 4.79 Å². The van der Waals surface area contributed by atoms with Crippen molar-refractivity contribution in [3.63, 3.8) is 0 Å². The first-order valence-electron chi connectivity index (χ1n) is 8.97. The molecule has 4 rings (SSSR count). The molecular formula is C23H17FN2O2S. The van der Waals surface area contributed by atoms with Crippen LogP contribution in [0.15, 0.2) is 90.4 Å². The Bertz CT molecular complexity index is 1260. The number of aromatic nitrogens is 1. The Kier molecular flexibility index (Phi) is 5.35. The van der Waals surface area contributed by atoms with Crippen molar-refractivity contribution in [1.29, 1.82) is 0 Å². The minimum atomic E-state index is -0.457. The van der Waals surface area contributed by atoms with Gasteiger partial charge < -0.3 is 9.30 Å². The molecule has 0 aliphatic rings. The molecule has 1 aromatic heterocycles. The summed E-state index contributed by atoms with van der Waals surface area (Å²) in [5.41, 5.74) is 0.747. The predicted octanol–water partition coefficient (Wildman–Crippen LogP) is 5.56. The second kappa shape index (κ2) is 8.24. The van der Waals surface area contributed by atoms with Gasteiger partial charge in [-0.2, -0.15) is 4.99 Å². The van der Waals surface area contributed by atoms with Gasteiger partial charge >= 0.3 is 0 Å². The van der Waals surface area contributed by atoms with Gasteiger partial charge in [-0.15, -0.1) is 6.58 Å². The molecule has 144 valence electrons. The number of allylic oxidation sites excluding steroid dienone is 1. The Morgan fingerprint density at radius 1 is 1.07 bits per heavy atom. The van der Waals surface area contributed by atoms with Crippen LogP contribution in [0, 0.1) is 5.82 Å². The van der Waals surface area contributed by atoms with Crippen LogP contribution >= 0.6 is 11.3 Å². The first kappa shape index (κ1) is 18.8. The highest BCUT2D eigenvalue weighted by Gasteiger charge is 2.15. The normalized spacial score (nSPS) is 11.6. The number of halogens is 1. The number of para-hydroxylation sites is 3. The third kappa shape index (κ3) is 3.88. The Balaban J connectivity index is 1.79. The highest BCUT2D eigenvalue weighted by atomic mass is 32.1. The molecule has 6 heteroatoms. The molecule has 0 fully saturated rings. The number of benzene rings is 3. The Hall–Kier alpha value is -3.51. The van der Waals surface area contributed by atoms with Crippen molar-refractivity contribution < 1.29 is 13.9 Å². The van der Waals surface area contributed by atoms with Crippen LogP contribution in [0.25, 0.3) is 10.2 Å². The maximum Gasteiger partial charge on any atom is 0.283 e. The zero-order valence-corrected chi connectivity index (χ0v) is 16.2. The van der Waals surface area contributed by atoms with Crippen molar-refractivity contribution in [2.45, 2.75) is 6.54 Å². The molecule has 0 saturated heterocycles. The molecule has 4 nitrogen and oxygen atoms in total. The Morgan fingerprint density at radius 2 is 1.83 bits per heavy atom. The Labute approximate surface area is 170 Å². The SMILES string of the molecule is C=CCn1c(=NC(=O)c2ccccc2Oc2ccccc2)sc2cccc(F)c21. The van der Waals surface area contributed by atoms with Crippen molar-refractivity contribution in [1.82, 2.24) is 4.57 Å². The molecule has 0 aliphatic carbocycles. The number of hydrogen-bond donors (Lipinski definition) is 0. The molecule has 0 aliphatic heterocycles. The van der Waals surface area contributed by atoms with Crippen LogP contribution in [0.3, 0.4) is 0 Å². The zero-order valence-electron chi connectivity index (χ0n) is 15.4. The van der Waals surface area contributed by atoms with Crippen LogP contribution in [0.2, 0.25) is 0 Å². The Morgan fingerprint density at radius 3 is 2.62 bits per heavy atom. The molecule has 4 aromatic rings. The van der Waals surface area contributed by atoms with E-state index in [1.807, 2.05) is 30.3 Å². The largest absolute Gasteiger partial charge is 0.457 e. The van der Waals surface area contributed by atoms with Gasteiger partial charge in [0, 0.05) is 6.54 Å². The standard InChI is InChI=1S/C23H17FN2O2S/c1-2-15-26-21-18(24)12-8-14-20(21)29-23(26)25-22(27)17-11-6-7-13-19(17)28-16-9-4-3-5-10-16/h2-14H,1,15H2. The van der Waals surface area contributed by atoms with Gasteiger partial charge in [-0.25, -0.2) is 4.39 Å². The number of carbonyl (C=O) groups is 1. The first-order chi connectivity index (χ1) is 14.2.